The van der Waals surface area contributed by atoms with Crippen molar-refractivity contribution in [1.82, 2.24) is 9.82 Å². The molecule has 0 aliphatic heterocycles. The summed E-state index contributed by atoms with van der Waals surface area (Å²) in [7, 11) is -10.1. The van der Waals surface area contributed by atoms with Crippen LogP contribution in [0.2, 0.25) is 0 Å². The summed E-state index contributed by atoms with van der Waals surface area (Å²) in [5.41, 5.74) is 0.101. The smallest absolute Gasteiger partial charge is 0.368 e. The quantitative estimate of drug-likeness (QED) is 0.436. The minimum Gasteiger partial charge on any atom is -0.778 e. The molecule has 0 fully saturated rings. The summed E-state index contributed by atoms with van der Waals surface area (Å²) >= 11 is 0. The van der Waals surface area contributed by atoms with Crippen molar-refractivity contribution in [3.8, 4) is 0 Å². The van der Waals surface area contributed by atoms with Gasteiger partial charge in [0.1, 0.15) is 0 Å². The van der Waals surface area contributed by atoms with Crippen LogP contribution in [0.1, 0.15) is 5.56 Å². The third-order valence-electron chi connectivity index (χ3n) is 2.48. The maximum atomic E-state index is 11.8. The van der Waals surface area contributed by atoms with E-state index < -0.39 is 31.5 Å². The van der Waals surface area contributed by atoms with E-state index >= 15 is 0 Å². The third kappa shape index (κ3) is 3.10. The predicted octanol–water partition coefficient (Wildman–Crippen LogP) is 0.0629. The number of rotatable bonds is 5. The second kappa shape index (κ2) is 5.40. The molecule has 0 saturated heterocycles. The standard InChI is InChI=1S/C8H13N2O7P2/c1-10(12)18(13,14)8(11,19(15,16)17)5-7-3-2-4-9-6-7/h2-4,6,11H,5H2,1H3,(H,13,14)(H2,15,16,17)/q-1. The zero-order chi connectivity index (χ0) is 14.9. The normalized spacial score (nSPS) is 18.9. The van der Waals surface area contributed by atoms with Crippen LogP contribution in [-0.4, -0.2) is 41.7 Å². The molecule has 2 atom stereocenters. The zero-order valence-electron chi connectivity index (χ0n) is 9.82. The summed E-state index contributed by atoms with van der Waals surface area (Å²) in [6.07, 6.45) is 1.65. The Morgan fingerprint density at radius 2 is 2.00 bits per heavy atom. The molecule has 9 nitrogen and oxygen atoms in total. The Morgan fingerprint density at radius 1 is 1.42 bits per heavy atom. The zero-order valence-corrected chi connectivity index (χ0v) is 11.6. The molecule has 0 radical (unpaired) electrons. The lowest BCUT2D eigenvalue weighted by molar-refractivity contribution is 0.140. The lowest BCUT2D eigenvalue weighted by Crippen LogP contribution is -2.35. The van der Waals surface area contributed by atoms with Crippen molar-refractivity contribution in [3.63, 3.8) is 0 Å². The molecule has 0 aliphatic rings. The molecule has 11 heteroatoms. The van der Waals surface area contributed by atoms with Crippen molar-refractivity contribution < 1.29 is 28.9 Å². The van der Waals surface area contributed by atoms with Gasteiger partial charge in [-0.25, -0.2) is 0 Å². The van der Waals surface area contributed by atoms with E-state index in [9.17, 15) is 24.3 Å². The Labute approximate surface area is 108 Å². The summed E-state index contributed by atoms with van der Waals surface area (Å²) in [6.45, 7) is 0. The maximum Gasteiger partial charge on any atom is 0.368 e. The predicted molar refractivity (Wildman–Crippen MR) is 65.9 cm³/mol. The number of pyridine rings is 1. The van der Waals surface area contributed by atoms with E-state index in [2.05, 4.69) is 4.98 Å². The minimum absolute atomic E-state index is 0.101. The lowest BCUT2D eigenvalue weighted by atomic mass is 10.2. The molecule has 108 valence electrons. The van der Waals surface area contributed by atoms with Gasteiger partial charge < -0.3 is 29.8 Å². The van der Waals surface area contributed by atoms with Gasteiger partial charge in [-0.1, -0.05) is 6.07 Å². The van der Waals surface area contributed by atoms with Crippen molar-refractivity contribution in [2.45, 2.75) is 11.5 Å². The molecular formula is C8H13N2O7P2-. The van der Waals surface area contributed by atoms with Gasteiger partial charge in [0.2, 0.25) is 0 Å². The van der Waals surface area contributed by atoms with Crippen LogP contribution >= 0.6 is 15.1 Å². The van der Waals surface area contributed by atoms with Gasteiger partial charge in [0.15, 0.2) is 0 Å². The van der Waals surface area contributed by atoms with Gasteiger partial charge in [0, 0.05) is 18.8 Å². The van der Waals surface area contributed by atoms with Gasteiger partial charge in [0.25, 0.3) is 5.08 Å². The fourth-order valence-electron chi connectivity index (χ4n) is 1.38. The Hall–Kier alpha value is -0.630. The van der Waals surface area contributed by atoms with Crippen molar-refractivity contribution in [3.05, 3.63) is 35.3 Å². The van der Waals surface area contributed by atoms with E-state index in [-0.39, 0.29) is 5.56 Å². The molecule has 19 heavy (non-hydrogen) atoms. The molecule has 0 bridgehead atoms. The summed E-state index contributed by atoms with van der Waals surface area (Å²) in [5.74, 6) is 0. The average molecular weight is 311 g/mol. The first-order chi connectivity index (χ1) is 8.52. The number of aliphatic hydroxyl groups is 1. The second-order valence-corrected chi connectivity index (χ2v) is 8.44. The van der Waals surface area contributed by atoms with Crippen molar-refractivity contribution in [1.29, 1.82) is 0 Å². The van der Waals surface area contributed by atoms with E-state index in [0.717, 1.165) is 6.20 Å². The first-order valence-electron chi connectivity index (χ1n) is 4.93. The number of hydroxylamine groups is 1. The molecule has 1 aromatic heterocycles. The lowest BCUT2D eigenvalue weighted by Gasteiger charge is -2.39. The minimum atomic E-state index is -5.46. The molecule has 1 aromatic rings. The van der Waals surface area contributed by atoms with Gasteiger partial charge in [0.05, 0.1) is 0 Å². The van der Waals surface area contributed by atoms with Crippen molar-refractivity contribution in [2.24, 2.45) is 0 Å². The number of aromatic nitrogens is 1. The monoisotopic (exact) mass is 311 g/mol. The van der Waals surface area contributed by atoms with Crippen LogP contribution in [0, 0.1) is 5.21 Å². The van der Waals surface area contributed by atoms with Crippen LogP contribution in [0.5, 0.6) is 0 Å². The van der Waals surface area contributed by atoms with Crippen molar-refractivity contribution in [2.75, 3.05) is 7.05 Å². The highest BCUT2D eigenvalue weighted by molar-refractivity contribution is 7.73. The highest BCUT2D eigenvalue weighted by Crippen LogP contribution is 2.71. The van der Waals surface area contributed by atoms with E-state index in [1.807, 2.05) is 0 Å². The van der Waals surface area contributed by atoms with Gasteiger partial charge in [-0.2, -0.15) is 0 Å². The molecule has 4 N–H and O–H groups in total. The van der Waals surface area contributed by atoms with Crippen LogP contribution < -0.4 is 0 Å². The van der Waals surface area contributed by atoms with Crippen LogP contribution in [0.15, 0.2) is 24.5 Å². The number of hydrogen-bond acceptors (Lipinski definition) is 5. The summed E-state index contributed by atoms with van der Waals surface area (Å²) in [4.78, 5) is 30.9. The Morgan fingerprint density at radius 3 is 2.37 bits per heavy atom. The van der Waals surface area contributed by atoms with Crippen LogP contribution in [0.25, 0.3) is 0 Å². The van der Waals surface area contributed by atoms with E-state index in [1.165, 1.54) is 18.3 Å². The van der Waals surface area contributed by atoms with E-state index in [0.29, 0.717) is 7.05 Å². The highest BCUT2D eigenvalue weighted by atomic mass is 31.2. The third-order valence-corrected chi connectivity index (χ3v) is 6.99. The van der Waals surface area contributed by atoms with Crippen LogP contribution in [0.4, 0.5) is 0 Å². The highest BCUT2D eigenvalue weighted by Gasteiger charge is 2.59. The SMILES string of the molecule is CN([O-])P(=O)(O)C(O)(Cc1cccnc1)P(=O)(O)O. The first kappa shape index (κ1) is 16.4. The molecule has 0 spiro atoms. The average Bonchev–Trinajstić information content (AvgIpc) is 2.28. The second-order valence-electron chi connectivity index (χ2n) is 3.86. The summed E-state index contributed by atoms with van der Waals surface area (Å²) < 4.78 is 23.1. The van der Waals surface area contributed by atoms with Gasteiger partial charge >= 0.3 is 15.1 Å². The molecule has 2 unspecified atom stereocenters. The van der Waals surface area contributed by atoms with Crippen molar-refractivity contribution >= 4 is 15.1 Å². The van der Waals surface area contributed by atoms with Gasteiger partial charge in [-0.3, -0.25) is 14.1 Å². The van der Waals surface area contributed by atoms with Gasteiger partial charge in [-0.05, 0) is 18.7 Å². The summed E-state index contributed by atoms with van der Waals surface area (Å²) in [6, 6.07) is 2.76. The Bertz CT molecular complexity index is 531. The molecule has 0 aliphatic carbocycles. The van der Waals surface area contributed by atoms with Crippen LogP contribution in [-0.2, 0) is 15.6 Å². The topological polar surface area (TPSA) is 154 Å². The molecule has 0 amide bonds. The fourth-order valence-corrected chi connectivity index (χ4v) is 4.34. The Kier molecular flexibility index (Phi) is 4.66. The van der Waals surface area contributed by atoms with E-state index in [4.69, 9.17) is 9.79 Å². The Balaban J connectivity index is 3.31. The fraction of sp³-hybridized carbons (Fsp3) is 0.375. The summed E-state index contributed by atoms with van der Waals surface area (Å²) in [5, 5.41) is 17.6. The number of nitrogens with zero attached hydrogens (tertiary/aromatic N) is 2. The van der Waals surface area contributed by atoms with Gasteiger partial charge in [-0.15, -0.1) is 0 Å². The van der Waals surface area contributed by atoms with E-state index in [1.54, 1.807) is 0 Å². The van der Waals surface area contributed by atoms with Crippen LogP contribution in [0.3, 0.4) is 0 Å². The first-order valence-corrected chi connectivity index (χ1v) is 8.16. The largest absolute Gasteiger partial charge is 0.778 e. The molecular weight excluding hydrogens is 298 g/mol. The molecule has 1 rings (SSSR count). The molecule has 0 aromatic carbocycles. The maximum absolute atomic E-state index is 11.8. The molecule has 0 saturated carbocycles. The number of hydrogen-bond donors (Lipinski definition) is 4. The molecule has 1 heterocycles.